The van der Waals surface area contributed by atoms with Crippen molar-refractivity contribution in [1.29, 1.82) is 0 Å². The maximum atomic E-state index is 5.69. The lowest BCUT2D eigenvalue weighted by Gasteiger charge is -2.08. The lowest BCUT2D eigenvalue weighted by Crippen LogP contribution is -2.11. The van der Waals surface area contributed by atoms with Gasteiger partial charge in [0, 0.05) is 31.6 Å². The van der Waals surface area contributed by atoms with Gasteiger partial charge in [0.05, 0.1) is 29.7 Å². The van der Waals surface area contributed by atoms with Crippen LogP contribution in [-0.4, -0.2) is 40.9 Å². The average Bonchev–Trinajstić information content (AvgIpc) is 3.17. The van der Waals surface area contributed by atoms with Gasteiger partial charge < -0.3 is 14.8 Å². The van der Waals surface area contributed by atoms with Crippen molar-refractivity contribution >= 4 is 22.4 Å². The minimum atomic E-state index is 0.475. The first-order chi connectivity index (χ1) is 12.3. The number of benzene rings is 1. The SMILES string of the molecule is COCCOc1nn(C)c2cc(NC3=NCc4ncccc43)ccc12. The zero-order valence-electron chi connectivity index (χ0n) is 14.2. The Morgan fingerprint density at radius 2 is 2.16 bits per heavy atom. The van der Waals surface area contributed by atoms with Gasteiger partial charge >= 0.3 is 0 Å². The van der Waals surface area contributed by atoms with E-state index >= 15 is 0 Å². The number of nitrogens with zero attached hydrogens (tertiary/aromatic N) is 4. The standard InChI is InChI=1S/C18H19N5O2/c1-23-16-10-12(5-6-14(16)18(22-23)25-9-8-24-2)21-17-13-4-3-7-19-15(13)11-20-17/h3-7,10H,8-9,11H2,1-2H3,(H,20,21). The highest BCUT2D eigenvalue weighted by molar-refractivity contribution is 6.10. The summed E-state index contributed by atoms with van der Waals surface area (Å²) >= 11 is 0. The molecule has 3 aromatic rings. The summed E-state index contributed by atoms with van der Waals surface area (Å²) < 4.78 is 12.5. The molecule has 25 heavy (non-hydrogen) atoms. The van der Waals surface area contributed by atoms with Crippen molar-refractivity contribution in [2.24, 2.45) is 12.0 Å². The molecule has 0 unspecified atom stereocenters. The number of hydrogen-bond donors (Lipinski definition) is 1. The summed E-state index contributed by atoms with van der Waals surface area (Å²) in [4.78, 5) is 8.90. The summed E-state index contributed by atoms with van der Waals surface area (Å²) in [6.07, 6.45) is 1.80. The number of ether oxygens (including phenoxy) is 2. The highest BCUT2D eigenvalue weighted by Crippen LogP contribution is 2.28. The number of aliphatic imine (C=N–C) groups is 1. The largest absolute Gasteiger partial charge is 0.474 e. The number of aryl methyl sites for hydroxylation is 1. The molecule has 0 radical (unpaired) electrons. The summed E-state index contributed by atoms with van der Waals surface area (Å²) in [5.41, 5.74) is 3.99. The molecule has 1 aliphatic rings. The topological polar surface area (TPSA) is 73.6 Å². The normalized spacial score (nSPS) is 13.0. The second kappa shape index (κ2) is 6.52. The van der Waals surface area contributed by atoms with Crippen LogP contribution in [0.3, 0.4) is 0 Å². The maximum absolute atomic E-state index is 5.69. The molecule has 1 N–H and O–H groups in total. The van der Waals surface area contributed by atoms with E-state index in [9.17, 15) is 0 Å². The molecule has 128 valence electrons. The lowest BCUT2D eigenvalue weighted by atomic mass is 10.2. The molecule has 1 aliphatic heterocycles. The first-order valence-electron chi connectivity index (χ1n) is 8.10. The molecule has 7 nitrogen and oxygen atoms in total. The van der Waals surface area contributed by atoms with E-state index in [1.54, 1.807) is 13.3 Å². The molecule has 3 heterocycles. The van der Waals surface area contributed by atoms with Gasteiger partial charge in [-0.1, -0.05) is 0 Å². The molecule has 0 saturated heterocycles. The second-order valence-corrected chi connectivity index (χ2v) is 5.79. The van der Waals surface area contributed by atoms with Gasteiger partial charge in [0.25, 0.3) is 0 Å². The third-order valence-electron chi connectivity index (χ3n) is 4.14. The molecule has 2 aromatic heterocycles. The lowest BCUT2D eigenvalue weighted by molar-refractivity contribution is 0.144. The first kappa shape index (κ1) is 15.6. The summed E-state index contributed by atoms with van der Waals surface area (Å²) in [6, 6.07) is 10.0. The van der Waals surface area contributed by atoms with Crippen molar-refractivity contribution in [3.8, 4) is 5.88 Å². The van der Waals surface area contributed by atoms with Crippen molar-refractivity contribution < 1.29 is 9.47 Å². The van der Waals surface area contributed by atoms with Gasteiger partial charge in [0.1, 0.15) is 12.4 Å². The van der Waals surface area contributed by atoms with Crippen LogP contribution in [0.15, 0.2) is 41.5 Å². The van der Waals surface area contributed by atoms with E-state index in [0.717, 1.165) is 33.7 Å². The van der Waals surface area contributed by atoms with E-state index in [4.69, 9.17) is 9.47 Å². The van der Waals surface area contributed by atoms with Gasteiger partial charge in [-0.3, -0.25) is 14.7 Å². The number of hydrogen-bond acceptors (Lipinski definition) is 6. The van der Waals surface area contributed by atoms with Gasteiger partial charge in [0.15, 0.2) is 0 Å². The molecule has 0 fully saturated rings. The van der Waals surface area contributed by atoms with Crippen molar-refractivity contribution in [3.63, 3.8) is 0 Å². The smallest absolute Gasteiger partial charge is 0.240 e. The van der Waals surface area contributed by atoms with Crippen LogP contribution in [0.4, 0.5) is 5.69 Å². The Labute approximate surface area is 145 Å². The summed E-state index contributed by atoms with van der Waals surface area (Å²) in [6.45, 7) is 1.62. The Balaban J connectivity index is 1.59. The zero-order chi connectivity index (χ0) is 17.2. The molecular formula is C18H19N5O2. The minimum Gasteiger partial charge on any atom is -0.474 e. The van der Waals surface area contributed by atoms with Crippen LogP contribution in [0.2, 0.25) is 0 Å². The molecule has 1 aromatic carbocycles. The van der Waals surface area contributed by atoms with E-state index in [1.165, 1.54) is 0 Å². The van der Waals surface area contributed by atoms with E-state index in [1.807, 2.05) is 42.1 Å². The van der Waals surface area contributed by atoms with Gasteiger partial charge in [-0.2, -0.15) is 0 Å². The third kappa shape index (κ3) is 2.94. The van der Waals surface area contributed by atoms with E-state index in [0.29, 0.717) is 25.6 Å². The number of rotatable bonds is 5. The zero-order valence-corrected chi connectivity index (χ0v) is 14.2. The summed E-state index contributed by atoms with van der Waals surface area (Å²) in [5, 5.41) is 8.80. The quantitative estimate of drug-likeness (QED) is 0.724. The van der Waals surface area contributed by atoms with Crippen LogP contribution in [0.25, 0.3) is 10.9 Å². The highest BCUT2D eigenvalue weighted by Gasteiger charge is 2.17. The summed E-state index contributed by atoms with van der Waals surface area (Å²) in [7, 11) is 3.55. The number of nitrogens with one attached hydrogen (secondary N) is 1. The van der Waals surface area contributed by atoms with Crippen LogP contribution in [0, 0.1) is 0 Å². The average molecular weight is 337 g/mol. The Bertz CT molecular complexity index is 948. The van der Waals surface area contributed by atoms with Crippen LogP contribution < -0.4 is 10.1 Å². The van der Waals surface area contributed by atoms with Gasteiger partial charge in [-0.05, 0) is 30.3 Å². The fraction of sp³-hybridized carbons (Fsp3) is 0.278. The number of anilines is 1. The molecule has 0 amide bonds. The molecule has 4 rings (SSSR count). The number of methoxy groups -OCH3 is 1. The predicted octanol–water partition coefficient (Wildman–Crippen LogP) is 2.37. The Morgan fingerprint density at radius 1 is 1.24 bits per heavy atom. The number of fused-ring (bicyclic) bond motifs is 2. The summed E-state index contributed by atoms with van der Waals surface area (Å²) in [5.74, 6) is 1.47. The molecule has 0 aliphatic carbocycles. The fourth-order valence-electron chi connectivity index (χ4n) is 2.89. The molecule has 0 atom stereocenters. The van der Waals surface area contributed by atoms with Crippen molar-refractivity contribution in [2.75, 3.05) is 25.6 Å². The van der Waals surface area contributed by atoms with Crippen LogP contribution in [-0.2, 0) is 18.3 Å². The second-order valence-electron chi connectivity index (χ2n) is 5.79. The number of amidine groups is 1. The Hall–Kier alpha value is -2.93. The molecule has 7 heteroatoms. The fourth-order valence-corrected chi connectivity index (χ4v) is 2.89. The molecule has 0 saturated carbocycles. The van der Waals surface area contributed by atoms with Gasteiger partial charge in [-0.25, -0.2) is 0 Å². The van der Waals surface area contributed by atoms with E-state index < -0.39 is 0 Å². The minimum absolute atomic E-state index is 0.475. The predicted molar refractivity (Wildman–Crippen MR) is 96.2 cm³/mol. The van der Waals surface area contributed by atoms with E-state index in [2.05, 4.69) is 20.4 Å². The van der Waals surface area contributed by atoms with Crippen molar-refractivity contribution in [2.45, 2.75) is 6.54 Å². The molecule has 0 bridgehead atoms. The number of pyridine rings is 1. The first-order valence-corrected chi connectivity index (χ1v) is 8.10. The Kier molecular flexibility index (Phi) is 4.07. The van der Waals surface area contributed by atoms with Crippen molar-refractivity contribution in [3.05, 3.63) is 47.8 Å². The molecular weight excluding hydrogens is 318 g/mol. The van der Waals surface area contributed by atoms with Crippen LogP contribution in [0.1, 0.15) is 11.3 Å². The number of aromatic nitrogens is 3. The van der Waals surface area contributed by atoms with E-state index in [-0.39, 0.29) is 0 Å². The highest BCUT2D eigenvalue weighted by atomic mass is 16.5. The molecule has 0 spiro atoms. The Morgan fingerprint density at radius 3 is 3.04 bits per heavy atom. The van der Waals surface area contributed by atoms with Crippen molar-refractivity contribution in [1.82, 2.24) is 14.8 Å². The maximum Gasteiger partial charge on any atom is 0.240 e. The van der Waals surface area contributed by atoms with Crippen LogP contribution >= 0.6 is 0 Å². The van der Waals surface area contributed by atoms with Crippen LogP contribution in [0.5, 0.6) is 5.88 Å². The van der Waals surface area contributed by atoms with Gasteiger partial charge in [-0.15, -0.1) is 5.10 Å². The monoisotopic (exact) mass is 337 g/mol. The van der Waals surface area contributed by atoms with Gasteiger partial charge in [0.2, 0.25) is 5.88 Å². The third-order valence-corrected chi connectivity index (χ3v) is 4.14.